The molecule has 1 saturated heterocycles. The molecule has 2 N–H and O–H groups in total. The van der Waals surface area contributed by atoms with Crippen LogP contribution >= 0.6 is 0 Å². The van der Waals surface area contributed by atoms with Crippen LogP contribution in [-0.2, 0) is 0 Å². The lowest BCUT2D eigenvalue weighted by Gasteiger charge is -2.31. The number of fused-ring (bicyclic) bond motifs is 3. The third kappa shape index (κ3) is 1.52. The summed E-state index contributed by atoms with van der Waals surface area (Å²) in [7, 11) is 0. The van der Waals surface area contributed by atoms with E-state index < -0.39 is 0 Å². The minimum atomic E-state index is 0.0880. The smallest absolute Gasteiger partial charge is 0.251 e. The van der Waals surface area contributed by atoms with Crippen LogP contribution in [0.15, 0.2) is 24.3 Å². The van der Waals surface area contributed by atoms with Gasteiger partial charge in [-0.3, -0.25) is 4.79 Å². The lowest BCUT2D eigenvalue weighted by Crippen LogP contribution is -2.39. The SMILES string of the molecule is O=C1NC[C@@H]2CNCC[C@@H]2c2ccccc21. The van der Waals surface area contributed by atoms with E-state index >= 15 is 0 Å². The molecule has 84 valence electrons. The largest absolute Gasteiger partial charge is 0.352 e. The zero-order chi connectivity index (χ0) is 11.0. The Morgan fingerprint density at radius 1 is 1.19 bits per heavy atom. The molecule has 1 fully saturated rings. The van der Waals surface area contributed by atoms with Crippen LogP contribution in [0.3, 0.4) is 0 Å². The summed E-state index contributed by atoms with van der Waals surface area (Å²) in [6.07, 6.45) is 1.14. The molecule has 2 atom stereocenters. The topological polar surface area (TPSA) is 41.1 Å². The number of piperidine rings is 1. The predicted molar refractivity (Wildman–Crippen MR) is 62.5 cm³/mol. The summed E-state index contributed by atoms with van der Waals surface area (Å²) in [5.74, 6) is 1.17. The Morgan fingerprint density at radius 3 is 3.00 bits per heavy atom. The number of hydrogen-bond donors (Lipinski definition) is 2. The van der Waals surface area contributed by atoms with Crippen molar-refractivity contribution in [3.8, 4) is 0 Å². The molecule has 0 radical (unpaired) electrons. The number of hydrogen-bond acceptors (Lipinski definition) is 2. The molecule has 1 amide bonds. The van der Waals surface area contributed by atoms with Gasteiger partial charge in [0.25, 0.3) is 5.91 Å². The second-order valence-corrected chi connectivity index (χ2v) is 4.66. The van der Waals surface area contributed by atoms with Crippen LogP contribution in [0, 0.1) is 5.92 Å². The second kappa shape index (κ2) is 3.91. The first kappa shape index (κ1) is 9.85. The minimum Gasteiger partial charge on any atom is -0.352 e. The number of rotatable bonds is 0. The van der Waals surface area contributed by atoms with Gasteiger partial charge < -0.3 is 10.6 Å². The first-order valence-corrected chi connectivity index (χ1v) is 5.94. The van der Waals surface area contributed by atoms with Crippen molar-refractivity contribution in [1.29, 1.82) is 0 Å². The molecule has 0 aromatic heterocycles. The van der Waals surface area contributed by atoms with Crippen LogP contribution in [0.1, 0.15) is 28.3 Å². The highest BCUT2D eigenvalue weighted by molar-refractivity contribution is 5.96. The van der Waals surface area contributed by atoms with Crippen molar-refractivity contribution in [3.63, 3.8) is 0 Å². The minimum absolute atomic E-state index is 0.0880. The standard InChI is InChI=1S/C13H16N2O/c16-13-12-4-2-1-3-11(12)10-5-6-14-7-9(10)8-15-13/h1-4,9-10,14H,5-8H2,(H,15,16)/t9-,10-/m0/s1. The van der Waals surface area contributed by atoms with Gasteiger partial charge in [-0.15, -0.1) is 0 Å². The second-order valence-electron chi connectivity index (χ2n) is 4.66. The Morgan fingerprint density at radius 2 is 2.06 bits per heavy atom. The molecule has 0 saturated carbocycles. The van der Waals surface area contributed by atoms with E-state index in [0.717, 1.165) is 31.6 Å². The van der Waals surface area contributed by atoms with E-state index in [9.17, 15) is 4.79 Å². The molecule has 2 aliphatic heterocycles. The highest BCUT2D eigenvalue weighted by atomic mass is 16.1. The van der Waals surface area contributed by atoms with E-state index in [2.05, 4.69) is 16.7 Å². The molecular weight excluding hydrogens is 200 g/mol. The first-order valence-electron chi connectivity index (χ1n) is 5.94. The van der Waals surface area contributed by atoms with E-state index in [1.807, 2.05) is 18.2 Å². The number of nitrogens with one attached hydrogen (secondary N) is 2. The zero-order valence-corrected chi connectivity index (χ0v) is 9.20. The fourth-order valence-electron chi connectivity index (χ4n) is 2.89. The van der Waals surface area contributed by atoms with Gasteiger partial charge in [-0.1, -0.05) is 18.2 Å². The Balaban J connectivity index is 2.06. The van der Waals surface area contributed by atoms with E-state index in [-0.39, 0.29) is 5.91 Å². The third-order valence-corrected chi connectivity index (χ3v) is 3.74. The quantitative estimate of drug-likeness (QED) is 0.682. The van der Waals surface area contributed by atoms with E-state index in [1.165, 1.54) is 5.56 Å². The number of benzene rings is 1. The Hall–Kier alpha value is -1.35. The monoisotopic (exact) mass is 216 g/mol. The summed E-state index contributed by atoms with van der Waals surface area (Å²) in [5.41, 5.74) is 2.11. The van der Waals surface area contributed by atoms with Crippen LogP contribution in [-0.4, -0.2) is 25.5 Å². The number of amides is 1. The summed E-state index contributed by atoms with van der Waals surface area (Å²) in [5, 5.41) is 6.43. The summed E-state index contributed by atoms with van der Waals surface area (Å²) in [6, 6.07) is 8.04. The van der Waals surface area contributed by atoms with Gasteiger partial charge >= 0.3 is 0 Å². The van der Waals surface area contributed by atoms with Gasteiger partial charge in [-0.25, -0.2) is 0 Å². The van der Waals surface area contributed by atoms with Crippen molar-refractivity contribution in [2.24, 2.45) is 5.92 Å². The molecular formula is C13H16N2O. The number of carbonyl (C=O) groups is 1. The predicted octanol–water partition coefficient (Wildman–Crippen LogP) is 1.12. The highest BCUT2D eigenvalue weighted by Crippen LogP contribution is 2.33. The van der Waals surface area contributed by atoms with Gasteiger partial charge in [-0.2, -0.15) is 0 Å². The summed E-state index contributed by atoms with van der Waals surface area (Å²) in [6.45, 7) is 2.87. The molecule has 2 aliphatic rings. The summed E-state index contributed by atoms with van der Waals surface area (Å²) < 4.78 is 0. The average molecular weight is 216 g/mol. The molecule has 3 nitrogen and oxygen atoms in total. The van der Waals surface area contributed by atoms with Crippen molar-refractivity contribution in [1.82, 2.24) is 10.6 Å². The molecule has 0 unspecified atom stereocenters. The molecule has 3 rings (SSSR count). The van der Waals surface area contributed by atoms with Gasteiger partial charge in [-0.05, 0) is 36.4 Å². The maximum absolute atomic E-state index is 11.9. The van der Waals surface area contributed by atoms with Crippen LogP contribution < -0.4 is 10.6 Å². The highest BCUT2D eigenvalue weighted by Gasteiger charge is 2.32. The van der Waals surface area contributed by atoms with Crippen molar-refractivity contribution < 1.29 is 4.79 Å². The maximum atomic E-state index is 11.9. The average Bonchev–Trinajstić information content (AvgIpc) is 2.49. The Bertz CT molecular complexity index is 416. The molecule has 3 heteroatoms. The van der Waals surface area contributed by atoms with Gasteiger partial charge in [0, 0.05) is 18.7 Å². The Kier molecular flexibility index (Phi) is 2.40. The maximum Gasteiger partial charge on any atom is 0.251 e. The van der Waals surface area contributed by atoms with Crippen molar-refractivity contribution in [2.45, 2.75) is 12.3 Å². The van der Waals surface area contributed by atoms with Gasteiger partial charge in [0.15, 0.2) is 0 Å². The zero-order valence-electron chi connectivity index (χ0n) is 9.20. The van der Waals surface area contributed by atoms with Crippen LogP contribution in [0.5, 0.6) is 0 Å². The molecule has 2 heterocycles. The molecule has 1 aromatic carbocycles. The fraction of sp³-hybridized carbons (Fsp3) is 0.462. The normalized spacial score (nSPS) is 28.6. The van der Waals surface area contributed by atoms with Crippen molar-refractivity contribution in [2.75, 3.05) is 19.6 Å². The molecule has 0 aliphatic carbocycles. The third-order valence-electron chi connectivity index (χ3n) is 3.74. The fourth-order valence-corrected chi connectivity index (χ4v) is 2.89. The summed E-state index contributed by atoms with van der Waals surface area (Å²) >= 11 is 0. The molecule has 16 heavy (non-hydrogen) atoms. The summed E-state index contributed by atoms with van der Waals surface area (Å²) in [4.78, 5) is 11.9. The van der Waals surface area contributed by atoms with Gasteiger partial charge in [0.05, 0.1) is 0 Å². The molecule has 0 bridgehead atoms. The molecule has 1 aromatic rings. The Labute approximate surface area is 95.2 Å². The lowest BCUT2D eigenvalue weighted by molar-refractivity contribution is 0.0950. The van der Waals surface area contributed by atoms with Crippen LogP contribution in [0.2, 0.25) is 0 Å². The van der Waals surface area contributed by atoms with E-state index in [4.69, 9.17) is 0 Å². The van der Waals surface area contributed by atoms with Gasteiger partial charge in [0.2, 0.25) is 0 Å². The van der Waals surface area contributed by atoms with Crippen LogP contribution in [0.25, 0.3) is 0 Å². The van der Waals surface area contributed by atoms with Crippen molar-refractivity contribution >= 4 is 5.91 Å². The van der Waals surface area contributed by atoms with E-state index in [1.54, 1.807) is 0 Å². The lowest BCUT2D eigenvalue weighted by atomic mass is 9.80. The molecule has 0 spiro atoms. The van der Waals surface area contributed by atoms with E-state index in [0.29, 0.717) is 11.8 Å². The number of carbonyl (C=O) groups excluding carboxylic acids is 1. The van der Waals surface area contributed by atoms with Gasteiger partial charge in [0.1, 0.15) is 0 Å². The first-order chi connectivity index (χ1) is 7.86. The van der Waals surface area contributed by atoms with Crippen molar-refractivity contribution in [3.05, 3.63) is 35.4 Å². The van der Waals surface area contributed by atoms with Crippen LogP contribution in [0.4, 0.5) is 0 Å².